The van der Waals surface area contributed by atoms with Gasteiger partial charge in [0, 0.05) is 30.8 Å². The van der Waals surface area contributed by atoms with Crippen LogP contribution in [0.3, 0.4) is 0 Å². The summed E-state index contributed by atoms with van der Waals surface area (Å²) in [6.07, 6.45) is 6.47. The number of amides is 1. The van der Waals surface area contributed by atoms with Gasteiger partial charge in [-0.3, -0.25) is 14.9 Å². The van der Waals surface area contributed by atoms with Gasteiger partial charge in [0.25, 0.3) is 11.6 Å². The smallest absolute Gasteiger partial charge is 0.279 e. The fraction of sp³-hybridized carbons (Fsp3) is 0.333. The average molecular weight is 513 g/mol. The Morgan fingerprint density at radius 1 is 1.20 bits per heavy atom. The van der Waals surface area contributed by atoms with Crippen LogP contribution in [0.15, 0.2) is 52.4 Å². The van der Waals surface area contributed by atoms with Crippen LogP contribution in [0.2, 0.25) is 0 Å². The van der Waals surface area contributed by atoms with Crippen LogP contribution in [-0.2, 0) is 16.6 Å². The predicted octanol–water partition coefficient (Wildman–Crippen LogP) is 3.65. The van der Waals surface area contributed by atoms with Crippen LogP contribution in [0.25, 0.3) is 10.2 Å². The summed E-state index contributed by atoms with van der Waals surface area (Å²) in [6, 6.07) is 10.1. The number of aromatic nitrogens is 1. The largest absolute Gasteiger partial charge is 0.305 e. The maximum absolute atomic E-state index is 13.1. The van der Waals surface area contributed by atoms with Crippen molar-refractivity contribution in [2.45, 2.75) is 31.7 Å². The molecule has 1 aromatic heterocycles. The molecule has 3 aromatic rings. The van der Waals surface area contributed by atoms with Gasteiger partial charge in [0.2, 0.25) is 10.0 Å². The molecule has 0 aliphatic carbocycles. The molecule has 1 aliphatic rings. The zero-order chi connectivity index (χ0) is 25.3. The third-order valence-electron chi connectivity index (χ3n) is 5.90. The van der Waals surface area contributed by atoms with Gasteiger partial charge in [-0.15, -0.1) is 6.42 Å². The maximum Gasteiger partial charge on any atom is 0.279 e. The van der Waals surface area contributed by atoms with Crippen molar-refractivity contribution in [3.05, 3.63) is 62.9 Å². The summed E-state index contributed by atoms with van der Waals surface area (Å²) in [6.45, 7) is 5.16. The number of nitro benzene ring substituents is 1. The molecule has 11 heteroatoms. The number of hydrogen-bond acceptors (Lipinski definition) is 6. The topological polar surface area (TPSA) is 115 Å². The molecule has 4 rings (SSSR count). The second-order valence-electron chi connectivity index (χ2n) is 8.79. The number of nitro groups is 1. The Morgan fingerprint density at radius 3 is 2.46 bits per heavy atom. The lowest BCUT2D eigenvalue weighted by Crippen LogP contribution is -2.42. The van der Waals surface area contributed by atoms with Gasteiger partial charge in [-0.1, -0.05) is 31.1 Å². The van der Waals surface area contributed by atoms with E-state index in [0.29, 0.717) is 28.1 Å². The van der Waals surface area contributed by atoms with Crippen molar-refractivity contribution in [2.24, 2.45) is 16.8 Å². The number of thiazole rings is 1. The molecule has 2 heterocycles. The maximum atomic E-state index is 13.1. The highest BCUT2D eigenvalue weighted by Gasteiger charge is 2.31. The molecule has 182 valence electrons. The highest BCUT2D eigenvalue weighted by molar-refractivity contribution is 7.89. The molecule has 9 nitrogen and oxygen atoms in total. The Bertz CT molecular complexity index is 1500. The Labute approximate surface area is 206 Å². The molecule has 0 spiro atoms. The van der Waals surface area contributed by atoms with Gasteiger partial charge in [0.05, 0.1) is 26.6 Å². The lowest BCUT2D eigenvalue weighted by atomic mass is 9.94. The van der Waals surface area contributed by atoms with Crippen LogP contribution < -0.4 is 4.80 Å². The molecule has 1 fully saturated rings. The zero-order valence-corrected chi connectivity index (χ0v) is 20.9. The number of sulfonamides is 1. The highest BCUT2D eigenvalue weighted by atomic mass is 32.2. The summed E-state index contributed by atoms with van der Waals surface area (Å²) in [7, 11) is -3.66. The minimum absolute atomic E-state index is 0.0706. The minimum Gasteiger partial charge on any atom is -0.305 e. The van der Waals surface area contributed by atoms with E-state index in [0.717, 1.165) is 17.8 Å². The van der Waals surface area contributed by atoms with Gasteiger partial charge in [0.15, 0.2) is 4.80 Å². The van der Waals surface area contributed by atoms with Crippen molar-refractivity contribution in [1.29, 1.82) is 0 Å². The number of rotatable bonds is 5. The Hall–Kier alpha value is -3.33. The number of carbonyl (C=O) groups is 1. The van der Waals surface area contributed by atoms with E-state index in [1.807, 2.05) is 13.8 Å². The van der Waals surface area contributed by atoms with E-state index in [2.05, 4.69) is 10.9 Å². The molecule has 2 unspecified atom stereocenters. The van der Waals surface area contributed by atoms with Gasteiger partial charge < -0.3 is 4.57 Å². The third kappa shape index (κ3) is 5.05. The number of carbonyl (C=O) groups excluding carboxylic acids is 1. The number of benzene rings is 2. The van der Waals surface area contributed by atoms with Gasteiger partial charge in [-0.25, -0.2) is 8.42 Å². The lowest BCUT2D eigenvalue weighted by Gasteiger charge is -2.34. The molecule has 0 saturated carbocycles. The number of fused-ring (bicyclic) bond motifs is 1. The first kappa shape index (κ1) is 24.8. The Kier molecular flexibility index (Phi) is 6.89. The van der Waals surface area contributed by atoms with Crippen molar-refractivity contribution >= 4 is 43.2 Å². The number of nitrogens with zero attached hydrogens (tertiary/aromatic N) is 4. The normalized spacial score (nSPS) is 19.5. The molecular weight excluding hydrogens is 488 g/mol. The number of piperidine rings is 1. The van der Waals surface area contributed by atoms with Crippen LogP contribution >= 0.6 is 11.3 Å². The van der Waals surface area contributed by atoms with Crippen LogP contribution in [-0.4, -0.2) is 41.2 Å². The fourth-order valence-electron chi connectivity index (χ4n) is 4.38. The molecule has 2 aromatic carbocycles. The summed E-state index contributed by atoms with van der Waals surface area (Å²) >= 11 is 1.12. The number of hydrogen-bond donors (Lipinski definition) is 0. The quantitative estimate of drug-likeness (QED) is 0.294. The lowest BCUT2D eigenvalue weighted by molar-refractivity contribution is -0.384. The molecule has 1 saturated heterocycles. The number of terminal acetylenes is 1. The average Bonchev–Trinajstić information content (AvgIpc) is 3.14. The van der Waals surface area contributed by atoms with Crippen LogP contribution in [0, 0.1) is 34.3 Å². The van der Waals surface area contributed by atoms with Gasteiger partial charge in [0.1, 0.15) is 0 Å². The van der Waals surface area contributed by atoms with E-state index in [4.69, 9.17) is 6.42 Å². The molecular formula is C24H24N4O5S2. The fourth-order valence-corrected chi connectivity index (χ4v) is 7.12. The summed E-state index contributed by atoms with van der Waals surface area (Å²) in [5, 5.41) is 11.1. The minimum atomic E-state index is -3.66. The van der Waals surface area contributed by atoms with E-state index < -0.39 is 20.9 Å². The molecule has 1 aliphatic heterocycles. The summed E-state index contributed by atoms with van der Waals surface area (Å²) < 4.78 is 29.9. The molecule has 0 bridgehead atoms. The molecule has 1 amide bonds. The van der Waals surface area contributed by atoms with Crippen molar-refractivity contribution in [3.63, 3.8) is 0 Å². The van der Waals surface area contributed by atoms with E-state index in [-0.39, 0.29) is 34.5 Å². The second kappa shape index (κ2) is 9.73. The summed E-state index contributed by atoms with van der Waals surface area (Å²) in [5.74, 6) is 2.50. The first-order valence-corrected chi connectivity index (χ1v) is 13.3. The summed E-state index contributed by atoms with van der Waals surface area (Å²) in [4.78, 5) is 28.1. The monoisotopic (exact) mass is 512 g/mol. The molecule has 0 radical (unpaired) electrons. The predicted molar refractivity (Wildman–Crippen MR) is 133 cm³/mol. The molecule has 0 N–H and O–H groups in total. The second-order valence-corrected chi connectivity index (χ2v) is 11.7. The van der Waals surface area contributed by atoms with Crippen LogP contribution in [0.1, 0.15) is 30.6 Å². The van der Waals surface area contributed by atoms with E-state index >= 15 is 0 Å². The zero-order valence-electron chi connectivity index (χ0n) is 19.2. The van der Waals surface area contributed by atoms with Crippen molar-refractivity contribution in [2.75, 3.05) is 13.1 Å². The van der Waals surface area contributed by atoms with Crippen molar-refractivity contribution in [3.8, 4) is 12.3 Å². The Morgan fingerprint density at radius 2 is 1.86 bits per heavy atom. The number of non-ortho nitro benzene ring substituents is 1. The van der Waals surface area contributed by atoms with Gasteiger partial charge >= 0.3 is 0 Å². The highest BCUT2D eigenvalue weighted by Crippen LogP contribution is 2.27. The first-order valence-electron chi connectivity index (χ1n) is 11.0. The van der Waals surface area contributed by atoms with E-state index in [1.54, 1.807) is 10.6 Å². The van der Waals surface area contributed by atoms with Crippen molar-refractivity contribution < 1.29 is 18.1 Å². The SMILES string of the molecule is C#CCn1c(=NC(=O)c2ccc(S(=O)(=O)N3CC(C)CC(C)C3)cc2)sc2cc([N+](=O)[O-])ccc21. The summed E-state index contributed by atoms with van der Waals surface area (Å²) in [5.41, 5.74) is 0.787. The van der Waals surface area contributed by atoms with Gasteiger partial charge in [-0.05, 0) is 48.6 Å². The Balaban J connectivity index is 1.65. The van der Waals surface area contributed by atoms with Crippen molar-refractivity contribution in [1.82, 2.24) is 8.87 Å². The van der Waals surface area contributed by atoms with Gasteiger partial charge in [-0.2, -0.15) is 9.30 Å². The van der Waals surface area contributed by atoms with E-state index in [1.165, 1.54) is 40.7 Å². The third-order valence-corrected chi connectivity index (χ3v) is 8.79. The van der Waals surface area contributed by atoms with E-state index in [9.17, 15) is 23.3 Å². The first-order chi connectivity index (χ1) is 16.6. The molecule has 2 atom stereocenters. The molecule has 35 heavy (non-hydrogen) atoms. The standard InChI is InChI=1S/C24H24N4O5S2/c1-4-11-27-21-10-7-19(28(30)31)13-22(21)34-24(27)25-23(29)18-5-8-20(9-6-18)35(32,33)26-14-16(2)12-17(3)15-26/h1,5-10,13,16-17H,11-12,14-15H2,2-3H3. The van der Waals surface area contributed by atoms with Crippen LogP contribution in [0.4, 0.5) is 5.69 Å². The van der Waals surface area contributed by atoms with Crippen LogP contribution in [0.5, 0.6) is 0 Å².